The number of para-hydroxylation sites is 1. The maximum atomic E-state index is 12.5. The van der Waals surface area contributed by atoms with Crippen LogP contribution in [0.3, 0.4) is 0 Å². The van der Waals surface area contributed by atoms with Crippen LogP contribution in [0.4, 0.5) is 11.4 Å². The lowest BCUT2D eigenvalue weighted by Gasteiger charge is -2.28. The van der Waals surface area contributed by atoms with E-state index < -0.39 is 16.1 Å². The van der Waals surface area contributed by atoms with Crippen LogP contribution in [0.25, 0.3) is 0 Å². The third-order valence-electron chi connectivity index (χ3n) is 4.34. The van der Waals surface area contributed by atoms with E-state index in [9.17, 15) is 13.2 Å². The Hall–Kier alpha value is -2.25. The van der Waals surface area contributed by atoms with Gasteiger partial charge in [-0.05, 0) is 49.7 Å². The number of hydrogen-bond acceptors (Lipinski definition) is 4. The van der Waals surface area contributed by atoms with E-state index in [1.807, 2.05) is 37.4 Å². The molecule has 1 unspecified atom stereocenters. The zero-order valence-electron chi connectivity index (χ0n) is 16.3. The fourth-order valence-electron chi connectivity index (χ4n) is 2.88. The minimum atomic E-state index is -3.63. The Labute approximate surface area is 172 Å². The van der Waals surface area contributed by atoms with Crippen LogP contribution in [-0.2, 0) is 14.8 Å². The van der Waals surface area contributed by atoms with Crippen molar-refractivity contribution in [2.24, 2.45) is 0 Å². The van der Waals surface area contributed by atoms with E-state index in [0.29, 0.717) is 17.3 Å². The Kier molecular flexibility index (Phi) is 7.71. The van der Waals surface area contributed by atoms with Crippen molar-refractivity contribution in [2.75, 3.05) is 35.6 Å². The Morgan fingerprint density at radius 1 is 1.07 bits per heavy atom. The molecule has 2 aromatic rings. The summed E-state index contributed by atoms with van der Waals surface area (Å²) in [6.07, 6.45) is 1.82. The Morgan fingerprint density at radius 3 is 2.25 bits per heavy atom. The lowest BCUT2D eigenvalue weighted by atomic mass is 10.2. The van der Waals surface area contributed by atoms with Crippen molar-refractivity contribution < 1.29 is 13.2 Å². The standard InChI is InChI=1S/C20H26ClN3O3S/c1-16(24(28(3,26)27)19-12-10-17(21)11-13-19)20(25)22-14-7-15-23(2)18-8-5-4-6-9-18/h4-6,8-13,16H,7,14-15H2,1-3H3,(H,22,25). The summed E-state index contributed by atoms with van der Waals surface area (Å²) >= 11 is 5.88. The molecule has 0 heterocycles. The van der Waals surface area contributed by atoms with E-state index in [1.54, 1.807) is 31.2 Å². The van der Waals surface area contributed by atoms with Gasteiger partial charge in [-0.15, -0.1) is 0 Å². The SMILES string of the molecule is CC(C(=O)NCCCN(C)c1ccccc1)N(c1ccc(Cl)cc1)S(C)(=O)=O. The highest BCUT2D eigenvalue weighted by Crippen LogP contribution is 2.23. The van der Waals surface area contributed by atoms with Gasteiger partial charge in [0.2, 0.25) is 15.9 Å². The van der Waals surface area contributed by atoms with Crippen molar-refractivity contribution in [1.29, 1.82) is 0 Å². The highest BCUT2D eigenvalue weighted by atomic mass is 35.5. The van der Waals surface area contributed by atoms with Crippen LogP contribution < -0.4 is 14.5 Å². The van der Waals surface area contributed by atoms with E-state index in [2.05, 4.69) is 10.2 Å². The number of amides is 1. The van der Waals surface area contributed by atoms with Gasteiger partial charge in [-0.25, -0.2) is 8.42 Å². The average molecular weight is 424 g/mol. The predicted octanol–water partition coefficient (Wildman–Crippen LogP) is 3.14. The van der Waals surface area contributed by atoms with Crippen LogP contribution in [0.15, 0.2) is 54.6 Å². The Balaban J connectivity index is 1.93. The summed E-state index contributed by atoms with van der Waals surface area (Å²) in [5, 5.41) is 3.32. The van der Waals surface area contributed by atoms with Gasteiger partial charge in [-0.3, -0.25) is 9.10 Å². The highest BCUT2D eigenvalue weighted by molar-refractivity contribution is 7.92. The Morgan fingerprint density at radius 2 is 1.68 bits per heavy atom. The fourth-order valence-corrected chi connectivity index (χ4v) is 4.18. The van der Waals surface area contributed by atoms with Crippen molar-refractivity contribution in [3.63, 3.8) is 0 Å². The van der Waals surface area contributed by atoms with Gasteiger partial charge >= 0.3 is 0 Å². The first-order valence-corrected chi connectivity index (χ1v) is 11.2. The van der Waals surface area contributed by atoms with Gasteiger partial charge in [0.15, 0.2) is 0 Å². The third kappa shape index (κ3) is 6.14. The molecule has 1 amide bonds. The lowest BCUT2D eigenvalue weighted by Crippen LogP contribution is -2.48. The first-order valence-electron chi connectivity index (χ1n) is 8.99. The van der Waals surface area contributed by atoms with Crippen molar-refractivity contribution in [3.05, 3.63) is 59.6 Å². The molecule has 1 N–H and O–H groups in total. The molecule has 28 heavy (non-hydrogen) atoms. The first kappa shape index (κ1) is 22.0. The van der Waals surface area contributed by atoms with Crippen LogP contribution in [-0.4, -0.2) is 46.8 Å². The second-order valence-electron chi connectivity index (χ2n) is 6.61. The molecule has 152 valence electrons. The molecule has 0 bridgehead atoms. The summed E-state index contributed by atoms with van der Waals surface area (Å²) in [5.41, 5.74) is 1.51. The van der Waals surface area contributed by atoms with E-state index in [1.165, 1.54) is 0 Å². The van der Waals surface area contributed by atoms with Crippen molar-refractivity contribution >= 4 is 38.9 Å². The number of anilines is 2. The van der Waals surface area contributed by atoms with Gasteiger partial charge in [0.25, 0.3) is 0 Å². The first-order chi connectivity index (χ1) is 13.2. The molecule has 1 atom stereocenters. The van der Waals surface area contributed by atoms with Crippen LogP contribution in [0.5, 0.6) is 0 Å². The van der Waals surface area contributed by atoms with Gasteiger partial charge in [0, 0.05) is 30.8 Å². The van der Waals surface area contributed by atoms with Crippen LogP contribution in [0, 0.1) is 0 Å². The van der Waals surface area contributed by atoms with Crippen LogP contribution in [0.1, 0.15) is 13.3 Å². The number of halogens is 1. The predicted molar refractivity (Wildman–Crippen MR) is 116 cm³/mol. The molecule has 6 nitrogen and oxygen atoms in total. The lowest BCUT2D eigenvalue weighted by molar-refractivity contribution is -0.121. The minimum absolute atomic E-state index is 0.345. The molecule has 0 radical (unpaired) electrons. The summed E-state index contributed by atoms with van der Waals surface area (Å²) in [6, 6.07) is 15.5. The van der Waals surface area contributed by atoms with Crippen molar-refractivity contribution in [1.82, 2.24) is 5.32 Å². The summed E-state index contributed by atoms with van der Waals surface area (Å²) in [5.74, 6) is -0.345. The molecular weight excluding hydrogens is 398 g/mol. The third-order valence-corrected chi connectivity index (χ3v) is 5.83. The quantitative estimate of drug-likeness (QED) is 0.629. The van der Waals surface area contributed by atoms with Gasteiger partial charge < -0.3 is 10.2 Å². The molecule has 0 aromatic heterocycles. The maximum Gasteiger partial charge on any atom is 0.243 e. The summed E-state index contributed by atoms with van der Waals surface area (Å²) in [7, 11) is -1.64. The molecule has 0 saturated carbocycles. The zero-order valence-corrected chi connectivity index (χ0v) is 17.9. The maximum absolute atomic E-state index is 12.5. The zero-order chi connectivity index (χ0) is 20.7. The summed E-state index contributed by atoms with van der Waals surface area (Å²) < 4.78 is 25.6. The van der Waals surface area contributed by atoms with Crippen LogP contribution >= 0.6 is 11.6 Å². The number of benzene rings is 2. The Bertz CT molecular complexity index is 873. The molecule has 8 heteroatoms. The largest absolute Gasteiger partial charge is 0.375 e. The van der Waals surface area contributed by atoms with Gasteiger partial charge in [0.1, 0.15) is 6.04 Å². The number of sulfonamides is 1. The normalized spacial score (nSPS) is 12.3. The highest BCUT2D eigenvalue weighted by Gasteiger charge is 2.28. The van der Waals surface area contributed by atoms with Gasteiger partial charge in [-0.2, -0.15) is 0 Å². The molecular formula is C20H26ClN3O3S. The topological polar surface area (TPSA) is 69.7 Å². The van der Waals surface area contributed by atoms with E-state index in [0.717, 1.165) is 29.2 Å². The van der Waals surface area contributed by atoms with E-state index in [4.69, 9.17) is 11.6 Å². The number of carbonyl (C=O) groups excluding carboxylic acids is 1. The molecule has 0 fully saturated rings. The number of nitrogens with one attached hydrogen (secondary N) is 1. The summed E-state index contributed by atoms with van der Waals surface area (Å²) in [6.45, 7) is 2.80. The number of nitrogens with zero attached hydrogens (tertiary/aromatic N) is 2. The summed E-state index contributed by atoms with van der Waals surface area (Å²) in [4.78, 5) is 14.6. The van der Waals surface area contributed by atoms with Gasteiger partial charge in [0.05, 0.1) is 11.9 Å². The van der Waals surface area contributed by atoms with Crippen LogP contribution in [0.2, 0.25) is 5.02 Å². The fraction of sp³-hybridized carbons (Fsp3) is 0.350. The molecule has 0 aliphatic heterocycles. The minimum Gasteiger partial charge on any atom is -0.375 e. The number of carbonyl (C=O) groups is 1. The molecule has 2 aromatic carbocycles. The van der Waals surface area contributed by atoms with Gasteiger partial charge in [-0.1, -0.05) is 29.8 Å². The molecule has 0 spiro atoms. The smallest absolute Gasteiger partial charge is 0.243 e. The van der Waals surface area contributed by atoms with Crippen molar-refractivity contribution in [2.45, 2.75) is 19.4 Å². The second-order valence-corrected chi connectivity index (χ2v) is 8.91. The van der Waals surface area contributed by atoms with E-state index >= 15 is 0 Å². The molecule has 0 aliphatic carbocycles. The second kappa shape index (κ2) is 9.80. The number of rotatable bonds is 9. The average Bonchev–Trinajstić information content (AvgIpc) is 2.66. The van der Waals surface area contributed by atoms with Crippen molar-refractivity contribution in [3.8, 4) is 0 Å². The number of hydrogen-bond donors (Lipinski definition) is 1. The molecule has 0 aliphatic rings. The molecule has 0 saturated heterocycles. The molecule has 2 rings (SSSR count). The monoisotopic (exact) mass is 423 g/mol. The van der Waals surface area contributed by atoms with E-state index in [-0.39, 0.29) is 5.91 Å².